The normalized spacial score (nSPS) is 4.40. The van der Waals surface area contributed by atoms with E-state index in [1.54, 1.807) is 0 Å². The summed E-state index contributed by atoms with van der Waals surface area (Å²) < 4.78 is 4.33. The summed E-state index contributed by atoms with van der Waals surface area (Å²) in [6, 6.07) is 0. The van der Waals surface area contributed by atoms with Crippen LogP contribution in [0.1, 0.15) is 0 Å². The zero-order chi connectivity index (χ0) is 2.71. The zero-order valence-electron chi connectivity index (χ0n) is 2.67. The summed E-state index contributed by atoms with van der Waals surface area (Å²) >= 11 is 2.03. The van der Waals surface area contributed by atoms with Crippen molar-refractivity contribution in [1.82, 2.24) is 0 Å². The van der Waals surface area contributed by atoms with Crippen LogP contribution >= 0.6 is 0 Å². The van der Waals surface area contributed by atoms with Gasteiger partial charge in [-0.05, 0) is 0 Å². The van der Waals surface area contributed by atoms with E-state index in [9.17, 15) is 0 Å². The van der Waals surface area contributed by atoms with E-state index >= 15 is 0 Å². The molecule has 0 aromatic heterocycles. The molecule has 5 heteroatoms. The van der Waals surface area contributed by atoms with Crippen LogP contribution in [-0.2, 0) is 32.1 Å². The van der Waals surface area contributed by atoms with E-state index in [0.717, 1.165) is 10.5 Å². The second kappa shape index (κ2) is 22.4. The van der Waals surface area contributed by atoms with Crippen molar-refractivity contribution in [3.05, 3.63) is 0 Å². The molecule has 0 amide bonds. The van der Waals surface area contributed by atoms with Crippen molar-refractivity contribution >= 4 is 10.5 Å². The number of hydrogen-bond acceptors (Lipinski definition) is 1. The summed E-state index contributed by atoms with van der Waals surface area (Å²) in [5.74, 6) is 0. The third-order valence-electron chi connectivity index (χ3n) is 0. The Morgan fingerprint density at radius 2 is 1.40 bits per heavy atom. The van der Waals surface area contributed by atoms with Crippen LogP contribution in [0.25, 0.3) is 0 Å². The van der Waals surface area contributed by atoms with Gasteiger partial charge >= 0.3 is 31.6 Å². The molecule has 0 aliphatic heterocycles. The molecule has 0 saturated carbocycles. The van der Waals surface area contributed by atoms with E-state index in [1.807, 2.05) is 17.8 Å². The SMILES string of the molecule is [O-2].[O-2].[SiH3][O][V+4]. The van der Waals surface area contributed by atoms with Crippen LogP contribution in [0.2, 0.25) is 0 Å². The number of rotatable bonds is 0. The van der Waals surface area contributed by atoms with E-state index < -0.39 is 0 Å². The van der Waals surface area contributed by atoms with E-state index in [2.05, 4.69) is 3.35 Å². The van der Waals surface area contributed by atoms with Crippen LogP contribution in [0.5, 0.6) is 0 Å². The third kappa shape index (κ3) is 72.5. The van der Waals surface area contributed by atoms with Crippen molar-refractivity contribution in [3.63, 3.8) is 0 Å². The molecule has 0 aliphatic rings. The maximum absolute atomic E-state index is 4.33. The topological polar surface area (TPSA) is 66.2 Å². The predicted octanol–water partition coefficient (Wildman–Crippen LogP) is -1.49. The molecule has 30 valence electrons. The van der Waals surface area contributed by atoms with Crippen LogP contribution in [0.4, 0.5) is 0 Å². The summed E-state index contributed by atoms with van der Waals surface area (Å²) in [5, 5.41) is 0. The van der Waals surface area contributed by atoms with Gasteiger partial charge in [0.1, 0.15) is 0 Å². The van der Waals surface area contributed by atoms with Gasteiger partial charge in [0, 0.05) is 0 Å². The first-order valence-corrected chi connectivity index (χ1v) is 1.98. The van der Waals surface area contributed by atoms with Gasteiger partial charge in [0.05, 0.1) is 0 Å². The molecule has 0 aromatic carbocycles. The molecule has 0 atom stereocenters. The van der Waals surface area contributed by atoms with E-state index in [1.165, 1.54) is 0 Å². The molecule has 5 heavy (non-hydrogen) atoms. The summed E-state index contributed by atoms with van der Waals surface area (Å²) in [6.45, 7) is 0. The molecular formula is H3O3SiV. The Bertz CT molecular complexity index is 6.85. The minimum absolute atomic E-state index is 0. The molecule has 0 N–H and O–H groups in total. The van der Waals surface area contributed by atoms with Gasteiger partial charge in [-0.25, -0.2) is 0 Å². The second-order valence-corrected chi connectivity index (χ2v) is 2.26. The first-order chi connectivity index (χ1) is 1.41. The summed E-state index contributed by atoms with van der Waals surface area (Å²) in [5.41, 5.74) is 0. The van der Waals surface area contributed by atoms with Crippen molar-refractivity contribution in [2.75, 3.05) is 0 Å². The Hall–Kier alpha value is 0.681. The van der Waals surface area contributed by atoms with Crippen molar-refractivity contribution in [2.45, 2.75) is 0 Å². The summed E-state index contributed by atoms with van der Waals surface area (Å²) in [6.07, 6.45) is 0. The van der Waals surface area contributed by atoms with Crippen molar-refractivity contribution in [2.24, 2.45) is 0 Å². The number of hydrogen-bond donors (Lipinski definition) is 0. The molecule has 3 nitrogen and oxygen atoms in total. The molecule has 0 aromatic rings. The van der Waals surface area contributed by atoms with Crippen LogP contribution in [-0.4, -0.2) is 10.5 Å². The Morgan fingerprint density at radius 1 is 1.40 bits per heavy atom. The molecule has 0 heterocycles. The van der Waals surface area contributed by atoms with Crippen molar-refractivity contribution < 1.29 is 32.1 Å². The fourth-order valence-electron chi connectivity index (χ4n) is 0. The molecule has 0 aliphatic carbocycles. The maximum atomic E-state index is 4.33. The molecular weight excluding hydrogens is 127 g/mol. The molecule has 0 rings (SSSR count). The van der Waals surface area contributed by atoms with Gasteiger partial charge in [0.15, 0.2) is 0 Å². The van der Waals surface area contributed by atoms with Crippen molar-refractivity contribution in [3.8, 4) is 0 Å². The minimum atomic E-state index is 0. The predicted molar refractivity (Wildman–Crippen MR) is 12.4 cm³/mol. The van der Waals surface area contributed by atoms with Crippen molar-refractivity contribution in [1.29, 1.82) is 0 Å². The Balaban J connectivity index is -0.0000000200. The quantitative estimate of drug-likeness (QED) is 0.368. The fraction of sp³-hybridized carbons (Fsp3) is 0. The third-order valence-corrected chi connectivity index (χ3v) is 0. The van der Waals surface area contributed by atoms with Crippen LogP contribution in [0.3, 0.4) is 0 Å². The van der Waals surface area contributed by atoms with Crippen LogP contribution in [0.15, 0.2) is 0 Å². The fourth-order valence-corrected chi connectivity index (χ4v) is 0. The van der Waals surface area contributed by atoms with Crippen LogP contribution in [0, 0.1) is 0 Å². The Kier molecular flexibility index (Phi) is 77.7. The molecule has 0 radical (unpaired) electrons. The van der Waals surface area contributed by atoms with Gasteiger partial charge in [-0.2, -0.15) is 0 Å². The van der Waals surface area contributed by atoms with Gasteiger partial charge in [0.2, 0.25) is 0 Å². The standard InChI is InChI=1S/H3OSi.2O.V/c1-2;;;/h2H3;;;/q-1;2*-2;+5. The van der Waals surface area contributed by atoms with Gasteiger partial charge in [-0.15, -0.1) is 0 Å². The van der Waals surface area contributed by atoms with Gasteiger partial charge in [-0.1, -0.05) is 0 Å². The first kappa shape index (κ1) is 17.3. The Morgan fingerprint density at radius 3 is 1.40 bits per heavy atom. The first-order valence-electron chi connectivity index (χ1n) is 0.591. The van der Waals surface area contributed by atoms with Crippen LogP contribution < -0.4 is 0 Å². The molecule has 0 unspecified atom stereocenters. The van der Waals surface area contributed by atoms with Gasteiger partial charge in [0.25, 0.3) is 0 Å². The molecule has 0 bridgehead atoms. The zero-order valence-corrected chi connectivity index (χ0v) is 6.07. The summed E-state index contributed by atoms with van der Waals surface area (Å²) in [7, 11) is 0.841. The molecule has 0 fully saturated rings. The van der Waals surface area contributed by atoms with E-state index in [4.69, 9.17) is 0 Å². The van der Waals surface area contributed by atoms with Gasteiger partial charge in [-0.3, -0.25) is 0 Å². The molecule has 0 saturated heterocycles. The van der Waals surface area contributed by atoms with E-state index in [-0.39, 0.29) is 11.0 Å². The Labute approximate surface area is 43.2 Å². The summed E-state index contributed by atoms with van der Waals surface area (Å²) in [4.78, 5) is 0. The average molecular weight is 130 g/mol. The average Bonchev–Trinajstić information content (AvgIpc) is 0.918. The second-order valence-electron chi connectivity index (χ2n) is 0.183. The molecule has 0 spiro atoms. The van der Waals surface area contributed by atoms with E-state index in [0.29, 0.717) is 0 Å². The van der Waals surface area contributed by atoms with Gasteiger partial charge < -0.3 is 11.0 Å². The monoisotopic (exact) mass is 130 g/mol.